The van der Waals surface area contributed by atoms with Crippen molar-refractivity contribution in [1.29, 1.82) is 0 Å². The summed E-state index contributed by atoms with van der Waals surface area (Å²) in [6.45, 7) is 8.60. The van der Waals surface area contributed by atoms with Gasteiger partial charge in [0.15, 0.2) is 14.6 Å². The topological polar surface area (TPSA) is 135 Å². The molecule has 2 rings (SSSR count). The van der Waals surface area contributed by atoms with Gasteiger partial charge in [-0.1, -0.05) is 37.3 Å². The molecular weight excluding hydrogens is 476 g/mol. The van der Waals surface area contributed by atoms with E-state index in [2.05, 4.69) is 0 Å². The molecule has 0 bridgehead atoms. The van der Waals surface area contributed by atoms with E-state index in [1.165, 1.54) is 6.92 Å². The molecule has 1 aliphatic rings. The molecule has 1 aromatic rings. The first-order valence-corrected chi connectivity index (χ1v) is 14.9. The highest BCUT2D eigenvalue weighted by Crippen LogP contribution is 2.42. The van der Waals surface area contributed by atoms with Crippen molar-refractivity contribution in [1.82, 2.24) is 0 Å². The summed E-state index contributed by atoms with van der Waals surface area (Å²) in [5.41, 5.74) is 0.817. The van der Waals surface area contributed by atoms with Crippen LogP contribution in [0.15, 0.2) is 30.3 Å². The zero-order valence-electron chi connectivity index (χ0n) is 20.7. The summed E-state index contributed by atoms with van der Waals surface area (Å²) in [5.74, 6) is -6.14. The van der Waals surface area contributed by atoms with Crippen LogP contribution in [0.5, 0.6) is 0 Å². The summed E-state index contributed by atoms with van der Waals surface area (Å²) in [6.07, 6.45) is -2.24. The predicted molar refractivity (Wildman–Crippen MR) is 125 cm³/mol. The van der Waals surface area contributed by atoms with Gasteiger partial charge in [0.05, 0.1) is 11.8 Å². The maximum absolute atomic E-state index is 12.7. The van der Waals surface area contributed by atoms with E-state index in [1.807, 2.05) is 56.9 Å². The van der Waals surface area contributed by atoms with Crippen LogP contribution in [0.1, 0.15) is 31.7 Å². The van der Waals surface area contributed by atoms with Gasteiger partial charge in [0.2, 0.25) is 0 Å². The fraction of sp³-hybridized carbons (Fsp3) is 0.583. The van der Waals surface area contributed by atoms with Crippen molar-refractivity contribution in [3.63, 3.8) is 0 Å². The maximum Gasteiger partial charge on any atom is 0.321 e. The molecule has 1 fully saturated rings. The van der Waals surface area contributed by atoms with E-state index in [9.17, 15) is 24.3 Å². The Hall–Kier alpha value is -2.60. The molecule has 0 aromatic heterocycles. The smallest absolute Gasteiger partial charge is 0.321 e. The summed E-state index contributed by atoms with van der Waals surface area (Å²) in [7, 11) is -1.85. The average Bonchev–Trinajstić information content (AvgIpc) is 3.09. The number of hydrogen-bond donors (Lipinski definition) is 1. The second-order valence-corrected chi connectivity index (χ2v) is 13.8. The van der Waals surface area contributed by atoms with E-state index >= 15 is 0 Å². The third-order valence-electron chi connectivity index (χ3n) is 5.79. The van der Waals surface area contributed by atoms with Crippen molar-refractivity contribution >= 4 is 32.7 Å². The van der Waals surface area contributed by atoms with Crippen LogP contribution in [0, 0.1) is 17.8 Å². The van der Waals surface area contributed by atoms with Gasteiger partial charge >= 0.3 is 17.9 Å². The van der Waals surface area contributed by atoms with Gasteiger partial charge in [0.25, 0.3) is 6.47 Å². The van der Waals surface area contributed by atoms with Crippen LogP contribution in [0.4, 0.5) is 0 Å². The Balaban J connectivity index is 2.14. The standard InChI is InChI=1S/C24H34O10Si/c1-6-17(16-10-8-7-9-11-16)19-20(24(29)34-23(19)28)21(31-13-25)15(2)22(27)30-12-18(26)32-14-33-35(3,4)5/h7-11,13,15,17-21,26H,6,12,14H2,1-5H3. The second-order valence-electron chi connectivity index (χ2n) is 9.33. The molecule has 1 heterocycles. The van der Waals surface area contributed by atoms with Crippen molar-refractivity contribution in [2.75, 3.05) is 13.4 Å². The van der Waals surface area contributed by atoms with E-state index in [0.717, 1.165) is 5.56 Å². The molecule has 194 valence electrons. The molecular formula is C24H34O10Si. The molecule has 0 spiro atoms. The number of carbonyl (C=O) groups is 4. The number of benzene rings is 1. The van der Waals surface area contributed by atoms with Crippen molar-refractivity contribution in [2.24, 2.45) is 17.8 Å². The van der Waals surface area contributed by atoms with Crippen LogP contribution in [0.2, 0.25) is 19.6 Å². The quantitative estimate of drug-likeness (QED) is 0.0992. The van der Waals surface area contributed by atoms with Crippen LogP contribution >= 0.6 is 0 Å². The van der Waals surface area contributed by atoms with E-state index in [-0.39, 0.29) is 13.3 Å². The zero-order chi connectivity index (χ0) is 26.2. The van der Waals surface area contributed by atoms with Gasteiger partial charge in [0, 0.05) is 0 Å². The fourth-order valence-corrected chi connectivity index (χ4v) is 4.43. The van der Waals surface area contributed by atoms with Gasteiger partial charge in [-0.3, -0.25) is 19.2 Å². The Labute approximate surface area is 206 Å². The first-order valence-electron chi connectivity index (χ1n) is 11.5. The Bertz CT molecular complexity index is 869. The van der Waals surface area contributed by atoms with E-state index in [0.29, 0.717) is 6.42 Å². The number of rotatable bonds is 14. The monoisotopic (exact) mass is 510 g/mol. The van der Waals surface area contributed by atoms with Gasteiger partial charge < -0.3 is 28.5 Å². The first kappa shape index (κ1) is 28.6. The second kappa shape index (κ2) is 12.9. The highest BCUT2D eigenvalue weighted by Gasteiger charge is 2.55. The van der Waals surface area contributed by atoms with Crippen molar-refractivity contribution in [2.45, 2.75) is 58.2 Å². The van der Waals surface area contributed by atoms with Gasteiger partial charge in [0.1, 0.15) is 25.4 Å². The number of cyclic esters (lactones) is 2. The lowest BCUT2D eigenvalue weighted by Gasteiger charge is -2.30. The zero-order valence-corrected chi connectivity index (χ0v) is 21.7. The number of esters is 3. The average molecular weight is 511 g/mol. The van der Waals surface area contributed by atoms with Crippen LogP contribution in [0.25, 0.3) is 0 Å². The van der Waals surface area contributed by atoms with Crippen LogP contribution in [-0.4, -0.2) is 63.6 Å². The number of aliphatic hydroxyl groups excluding tert-OH is 1. The maximum atomic E-state index is 12.7. The molecule has 0 aliphatic carbocycles. The van der Waals surface area contributed by atoms with Crippen molar-refractivity contribution in [3.8, 4) is 0 Å². The highest BCUT2D eigenvalue weighted by atomic mass is 28.4. The molecule has 1 saturated heterocycles. The molecule has 6 unspecified atom stereocenters. The lowest BCUT2D eigenvalue weighted by Crippen LogP contribution is -2.43. The summed E-state index contributed by atoms with van der Waals surface area (Å²) in [6, 6.07) is 9.13. The number of aliphatic hydroxyl groups is 1. The van der Waals surface area contributed by atoms with Crippen LogP contribution in [0.3, 0.4) is 0 Å². The largest absolute Gasteiger partial charge is 0.463 e. The van der Waals surface area contributed by atoms with Gasteiger partial charge in [-0.2, -0.15) is 0 Å². The molecule has 6 atom stereocenters. The van der Waals surface area contributed by atoms with E-state index in [4.69, 9.17) is 23.4 Å². The molecule has 0 radical (unpaired) electrons. The van der Waals surface area contributed by atoms with E-state index in [1.54, 1.807) is 0 Å². The minimum absolute atomic E-state index is 0.122. The summed E-state index contributed by atoms with van der Waals surface area (Å²) in [4.78, 5) is 49.4. The molecule has 35 heavy (non-hydrogen) atoms. The van der Waals surface area contributed by atoms with Gasteiger partial charge in [-0.15, -0.1) is 0 Å². The predicted octanol–water partition coefficient (Wildman–Crippen LogP) is 2.36. The molecule has 11 heteroatoms. The van der Waals surface area contributed by atoms with Gasteiger partial charge in [-0.25, -0.2) is 0 Å². The highest BCUT2D eigenvalue weighted by molar-refractivity contribution is 6.69. The molecule has 1 aliphatic heterocycles. The molecule has 0 amide bonds. The molecule has 1 N–H and O–H groups in total. The lowest BCUT2D eigenvalue weighted by molar-refractivity contribution is -0.188. The number of ether oxygens (including phenoxy) is 4. The van der Waals surface area contributed by atoms with Crippen molar-refractivity contribution < 1.29 is 47.7 Å². The Morgan fingerprint density at radius 1 is 1.14 bits per heavy atom. The lowest BCUT2D eigenvalue weighted by atomic mass is 9.73. The number of hydrogen-bond acceptors (Lipinski definition) is 10. The van der Waals surface area contributed by atoms with E-state index < -0.39 is 68.9 Å². The summed E-state index contributed by atoms with van der Waals surface area (Å²) in [5, 5.41) is 9.91. The summed E-state index contributed by atoms with van der Waals surface area (Å²) < 4.78 is 25.7. The SMILES string of the molecule is CCC(c1ccccc1)C1C(=O)OC(=O)C1C(OC=O)C(C)C(=O)OCC(O)OCO[Si](C)(C)C. The number of carbonyl (C=O) groups excluding carboxylic acids is 4. The Morgan fingerprint density at radius 2 is 1.77 bits per heavy atom. The minimum Gasteiger partial charge on any atom is -0.463 e. The molecule has 1 aromatic carbocycles. The molecule has 0 saturated carbocycles. The Kier molecular flexibility index (Phi) is 10.6. The fourth-order valence-electron chi connectivity index (χ4n) is 4.01. The normalized spacial score (nSPS) is 21.5. The minimum atomic E-state index is -1.85. The Morgan fingerprint density at radius 3 is 2.34 bits per heavy atom. The van der Waals surface area contributed by atoms with Crippen LogP contribution in [-0.2, 0) is 42.6 Å². The van der Waals surface area contributed by atoms with Crippen molar-refractivity contribution in [3.05, 3.63) is 35.9 Å². The first-order chi connectivity index (χ1) is 16.5. The van der Waals surface area contributed by atoms with Crippen LogP contribution < -0.4 is 0 Å². The third-order valence-corrected chi connectivity index (χ3v) is 6.77. The van der Waals surface area contributed by atoms with Gasteiger partial charge in [-0.05, 0) is 44.5 Å². The summed E-state index contributed by atoms with van der Waals surface area (Å²) >= 11 is 0. The molecule has 10 nitrogen and oxygen atoms in total. The third kappa shape index (κ3) is 7.96.